The fourth-order valence-corrected chi connectivity index (χ4v) is 3.12. The zero-order valence-corrected chi connectivity index (χ0v) is 10.5. The molecule has 0 bridgehead atoms. The Balaban J connectivity index is 1.64. The lowest BCUT2D eigenvalue weighted by Gasteiger charge is -2.40. The molecular formula is C14H27N. The van der Waals surface area contributed by atoms with Crippen LogP contribution >= 0.6 is 0 Å². The predicted molar refractivity (Wildman–Crippen MR) is 66.0 cm³/mol. The molecule has 2 aliphatic carbocycles. The van der Waals surface area contributed by atoms with Crippen molar-refractivity contribution in [3.8, 4) is 0 Å². The van der Waals surface area contributed by atoms with Gasteiger partial charge in [-0.05, 0) is 49.9 Å². The van der Waals surface area contributed by atoms with Gasteiger partial charge in [0.2, 0.25) is 0 Å². The van der Waals surface area contributed by atoms with Gasteiger partial charge in [0, 0.05) is 12.6 Å². The number of hydrogen-bond donors (Lipinski definition) is 1. The predicted octanol–water partition coefficient (Wildman–Crippen LogP) is 3.74. The SMILES string of the molecule is CCC1CCC(NCC2(C)CCC2)CC1. The van der Waals surface area contributed by atoms with Crippen molar-refractivity contribution >= 4 is 0 Å². The fraction of sp³-hybridized carbons (Fsp3) is 1.00. The summed E-state index contributed by atoms with van der Waals surface area (Å²) in [7, 11) is 0. The normalized spacial score (nSPS) is 34.8. The molecule has 2 saturated carbocycles. The molecule has 2 fully saturated rings. The third kappa shape index (κ3) is 2.96. The smallest absolute Gasteiger partial charge is 0.00674 e. The van der Waals surface area contributed by atoms with Crippen molar-refractivity contribution in [2.75, 3.05) is 6.54 Å². The van der Waals surface area contributed by atoms with Gasteiger partial charge in [-0.1, -0.05) is 26.7 Å². The Morgan fingerprint density at radius 3 is 2.27 bits per heavy atom. The Hall–Kier alpha value is -0.0400. The molecule has 0 unspecified atom stereocenters. The molecule has 0 aromatic carbocycles. The third-order valence-corrected chi connectivity index (χ3v) is 4.80. The van der Waals surface area contributed by atoms with E-state index in [1.165, 1.54) is 57.9 Å². The first-order valence-electron chi connectivity index (χ1n) is 6.95. The summed E-state index contributed by atoms with van der Waals surface area (Å²) in [6.45, 7) is 6.06. The van der Waals surface area contributed by atoms with E-state index in [0.717, 1.165) is 12.0 Å². The summed E-state index contributed by atoms with van der Waals surface area (Å²) in [6.07, 6.45) is 11.5. The van der Waals surface area contributed by atoms with Gasteiger partial charge in [-0.25, -0.2) is 0 Å². The molecule has 1 nitrogen and oxygen atoms in total. The summed E-state index contributed by atoms with van der Waals surface area (Å²) in [5, 5.41) is 3.81. The van der Waals surface area contributed by atoms with Crippen molar-refractivity contribution in [2.45, 2.75) is 71.3 Å². The zero-order valence-electron chi connectivity index (χ0n) is 10.5. The summed E-state index contributed by atoms with van der Waals surface area (Å²) in [5.41, 5.74) is 0.654. The highest BCUT2D eigenvalue weighted by atomic mass is 14.9. The van der Waals surface area contributed by atoms with Crippen LogP contribution < -0.4 is 5.32 Å². The standard InChI is InChI=1S/C14H27N/c1-3-12-5-7-13(8-6-12)15-11-14(2)9-4-10-14/h12-13,15H,3-11H2,1-2H3. The number of hydrogen-bond acceptors (Lipinski definition) is 1. The fourth-order valence-electron chi connectivity index (χ4n) is 3.12. The molecule has 0 aromatic rings. The zero-order chi connectivity index (χ0) is 10.7. The summed E-state index contributed by atoms with van der Waals surface area (Å²) < 4.78 is 0. The molecule has 0 amide bonds. The molecule has 1 heteroatoms. The Bertz CT molecular complexity index is 188. The van der Waals surface area contributed by atoms with E-state index in [1.54, 1.807) is 0 Å². The van der Waals surface area contributed by atoms with Gasteiger partial charge in [0.15, 0.2) is 0 Å². The highest BCUT2D eigenvalue weighted by Gasteiger charge is 2.32. The number of rotatable bonds is 4. The van der Waals surface area contributed by atoms with Gasteiger partial charge in [-0.3, -0.25) is 0 Å². The average Bonchev–Trinajstić information content (AvgIpc) is 2.24. The van der Waals surface area contributed by atoms with Crippen LogP contribution in [0.25, 0.3) is 0 Å². The summed E-state index contributed by atoms with van der Waals surface area (Å²) in [6, 6.07) is 0.838. The van der Waals surface area contributed by atoms with Crippen LogP contribution in [-0.2, 0) is 0 Å². The van der Waals surface area contributed by atoms with E-state index < -0.39 is 0 Å². The molecule has 88 valence electrons. The van der Waals surface area contributed by atoms with Crippen LogP contribution in [0.2, 0.25) is 0 Å². The Morgan fingerprint density at radius 2 is 1.80 bits per heavy atom. The third-order valence-electron chi connectivity index (χ3n) is 4.80. The molecule has 0 spiro atoms. The maximum Gasteiger partial charge on any atom is 0.00674 e. The Morgan fingerprint density at radius 1 is 1.13 bits per heavy atom. The van der Waals surface area contributed by atoms with Crippen LogP contribution in [0.3, 0.4) is 0 Å². The first-order valence-corrected chi connectivity index (χ1v) is 6.95. The van der Waals surface area contributed by atoms with Crippen LogP contribution in [0.4, 0.5) is 0 Å². The molecular weight excluding hydrogens is 182 g/mol. The summed E-state index contributed by atoms with van der Waals surface area (Å²) >= 11 is 0. The van der Waals surface area contributed by atoms with E-state index in [-0.39, 0.29) is 0 Å². The highest BCUT2D eigenvalue weighted by Crippen LogP contribution is 2.39. The molecule has 0 aliphatic heterocycles. The summed E-state index contributed by atoms with van der Waals surface area (Å²) in [5.74, 6) is 1.03. The lowest BCUT2D eigenvalue weighted by molar-refractivity contribution is 0.142. The second kappa shape index (κ2) is 4.86. The van der Waals surface area contributed by atoms with Crippen LogP contribution in [0, 0.1) is 11.3 Å². The van der Waals surface area contributed by atoms with Gasteiger partial charge in [0.05, 0.1) is 0 Å². The molecule has 2 aliphatic rings. The molecule has 0 atom stereocenters. The van der Waals surface area contributed by atoms with E-state index in [0.29, 0.717) is 5.41 Å². The van der Waals surface area contributed by atoms with Crippen LogP contribution in [-0.4, -0.2) is 12.6 Å². The highest BCUT2D eigenvalue weighted by molar-refractivity contribution is 4.87. The van der Waals surface area contributed by atoms with E-state index in [4.69, 9.17) is 0 Å². The first kappa shape index (κ1) is 11.4. The Labute approximate surface area is 95.0 Å². The average molecular weight is 209 g/mol. The molecule has 0 heterocycles. The minimum Gasteiger partial charge on any atom is -0.313 e. The lowest BCUT2D eigenvalue weighted by Crippen LogP contribution is -2.43. The van der Waals surface area contributed by atoms with Crippen LogP contribution in [0.5, 0.6) is 0 Å². The Kier molecular flexibility index (Phi) is 3.71. The van der Waals surface area contributed by atoms with E-state index in [1.807, 2.05) is 0 Å². The van der Waals surface area contributed by atoms with Crippen molar-refractivity contribution in [3.63, 3.8) is 0 Å². The van der Waals surface area contributed by atoms with Crippen LogP contribution in [0.1, 0.15) is 65.2 Å². The van der Waals surface area contributed by atoms with Gasteiger partial charge in [0.1, 0.15) is 0 Å². The molecule has 2 rings (SSSR count). The molecule has 0 saturated heterocycles. The summed E-state index contributed by atoms with van der Waals surface area (Å²) in [4.78, 5) is 0. The second-order valence-electron chi connectivity index (χ2n) is 6.17. The van der Waals surface area contributed by atoms with E-state index in [9.17, 15) is 0 Å². The van der Waals surface area contributed by atoms with Gasteiger partial charge in [-0.15, -0.1) is 0 Å². The van der Waals surface area contributed by atoms with Gasteiger partial charge in [-0.2, -0.15) is 0 Å². The van der Waals surface area contributed by atoms with E-state index in [2.05, 4.69) is 19.2 Å². The lowest BCUT2D eigenvalue weighted by atomic mass is 9.70. The van der Waals surface area contributed by atoms with Crippen molar-refractivity contribution < 1.29 is 0 Å². The minimum atomic E-state index is 0.654. The van der Waals surface area contributed by atoms with Crippen molar-refractivity contribution in [1.29, 1.82) is 0 Å². The van der Waals surface area contributed by atoms with Crippen molar-refractivity contribution in [1.82, 2.24) is 5.32 Å². The second-order valence-corrected chi connectivity index (χ2v) is 6.17. The van der Waals surface area contributed by atoms with Gasteiger partial charge >= 0.3 is 0 Å². The molecule has 0 aromatic heterocycles. The van der Waals surface area contributed by atoms with Crippen molar-refractivity contribution in [3.05, 3.63) is 0 Å². The molecule has 15 heavy (non-hydrogen) atoms. The maximum atomic E-state index is 3.81. The van der Waals surface area contributed by atoms with Gasteiger partial charge < -0.3 is 5.32 Å². The van der Waals surface area contributed by atoms with Crippen LogP contribution in [0.15, 0.2) is 0 Å². The minimum absolute atomic E-state index is 0.654. The number of nitrogens with one attached hydrogen (secondary N) is 1. The maximum absolute atomic E-state index is 3.81. The monoisotopic (exact) mass is 209 g/mol. The quantitative estimate of drug-likeness (QED) is 0.744. The first-order chi connectivity index (χ1) is 7.22. The molecule has 0 radical (unpaired) electrons. The van der Waals surface area contributed by atoms with Crippen molar-refractivity contribution in [2.24, 2.45) is 11.3 Å². The van der Waals surface area contributed by atoms with Gasteiger partial charge in [0.25, 0.3) is 0 Å². The topological polar surface area (TPSA) is 12.0 Å². The van der Waals surface area contributed by atoms with E-state index >= 15 is 0 Å². The largest absolute Gasteiger partial charge is 0.313 e. The molecule has 1 N–H and O–H groups in total.